The normalized spacial score (nSPS) is 15.2. The highest BCUT2D eigenvalue weighted by Gasteiger charge is 2.16. The van der Waals surface area contributed by atoms with Crippen molar-refractivity contribution >= 4 is 17.0 Å². The Hall–Kier alpha value is -1.79. The number of thiophene rings is 1. The number of nitrogens with one attached hydrogen (secondary N) is 1. The molecule has 2 nitrogen and oxygen atoms in total. The maximum absolute atomic E-state index is 8.81. The number of anilines is 1. The van der Waals surface area contributed by atoms with E-state index >= 15 is 0 Å². The van der Waals surface area contributed by atoms with Crippen molar-refractivity contribution in [2.45, 2.75) is 38.6 Å². The highest BCUT2D eigenvalue weighted by atomic mass is 32.1. The Morgan fingerprint density at radius 2 is 1.95 bits per heavy atom. The van der Waals surface area contributed by atoms with Crippen molar-refractivity contribution in [2.24, 2.45) is 0 Å². The molecule has 0 fully saturated rings. The molecule has 0 radical (unpaired) electrons. The van der Waals surface area contributed by atoms with Gasteiger partial charge in [0.2, 0.25) is 0 Å². The van der Waals surface area contributed by atoms with E-state index in [4.69, 9.17) is 5.26 Å². The van der Waals surface area contributed by atoms with Gasteiger partial charge in [-0.1, -0.05) is 0 Å². The number of fused-ring (bicyclic) bond motifs is 1. The van der Waals surface area contributed by atoms with E-state index in [-0.39, 0.29) is 0 Å². The van der Waals surface area contributed by atoms with Gasteiger partial charge in [-0.15, -0.1) is 11.3 Å². The molecule has 3 rings (SSSR count). The van der Waals surface area contributed by atoms with Gasteiger partial charge >= 0.3 is 0 Å². The molecular formula is C17H18N2S. The summed E-state index contributed by atoms with van der Waals surface area (Å²) in [6, 6.07) is 12.5. The van der Waals surface area contributed by atoms with Crippen LogP contribution < -0.4 is 5.32 Å². The Balaban J connectivity index is 1.73. The summed E-state index contributed by atoms with van der Waals surface area (Å²) in [4.78, 5) is 3.00. The van der Waals surface area contributed by atoms with Crippen molar-refractivity contribution in [2.75, 3.05) is 5.32 Å². The van der Waals surface area contributed by atoms with Crippen molar-refractivity contribution in [3.63, 3.8) is 0 Å². The topological polar surface area (TPSA) is 35.8 Å². The number of hydrogen-bond donors (Lipinski definition) is 1. The molecule has 1 unspecified atom stereocenters. The summed E-state index contributed by atoms with van der Waals surface area (Å²) in [7, 11) is 0. The van der Waals surface area contributed by atoms with Gasteiger partial charge in [0.25, 0.3) is 0 Å². The van der Waals surface area contributed by atoms with Gasteiger partial charge in [0.05, 0.1) is 17.7 Å². The Morgan fingerprint density at radius 1 is 1.20 bits per heavy atom. The minimum Gasteiger partial charge on any atom is -0.378 e. The van der Waals surface area contributed by atoms with Crippen molar-refractivity contribution in [1.29, 1.82) is 5.26 Å². The molecule has 0 bridgehead atoms. The smallest absolute Gasteiger partial charge is 0.0991 e. The number of nitrogens with zero attached hydrogens (tertiary/aromatic N) is 1. The summed E-state index contributed by atoms with van der Waals surface area (Å²) < 4.78 is 0. The zero-order chi connectivity index (χ0) is 13.9. The molecule has 3 heteroatoms. The lowest BCUT2D eigenvalue weighted by Crippen LogP contribution is -2.04. The second-order valence-electron chi connectivity index (χ2n) is 5.36. The first-order chi connectivity index (χ1) is 9.76. The molecule has 0 amide bonds. The van der Waals surface area contributed by atoms with E-state index in [1.807, 2.05) is 35.6 Å². The third kappa shape index (κ3) is 2.71. The summed E-state index contributed by atoms with van der Waals surface area (Å²) in [6.07, 6.45) is 5.17. The predicted molar refractivity (Wildman–Crippen MR) is 84.2 cm³/mol. The van der Waals surface area contributed by atoms with Crippen molar-refractivity contribution in [3.05, 3.63) is 51.2 Å². The van der Waals surface area contributed by atoms with E-state index in [0.717, 1.165) is 5.69 Å². The Bertz CT molecular complexity index is 610. The van der Waals surface area contributed by atoms with Crippen molar-refractivity contribution < 1.29 is 0 Å². The van der Waals surface area contributed by atoms with Crippen LogP contribution in [0.5, 0.6) is 0 Å². The molecule has 0 saturated heterocycles. The minimum atomic E-state index is 0.318. The lowest BCUT2D eigenvalue weighted by molar-refractivity contribution is 0.696. The third-order valence-electron chi connectivity index (χ3n) is 3.84. The molecule has 1 atom stereocenters. The quantitative estimate of drug-likeness (QED) is 0.887. The lowest BCUT2D eigenvalue weighted by Gasteiger charge is -2.13. The second-order valence-corrected chi connectivity index (χ2v) is 6.53. The van der Waals surface area contributed by atoms with E-state index in [1.165, 1.54) is 30.6 Å². The van der Waals surface area contributed by atoms with Gasteiger partial charge in [-0.2, -0.15) is 5.26 Å². The van der Waals surface area contributed by atoms with Gasteiger partial charge in [0, 0.05) is 15.4 Å². The maximum atomic E-state index is 8.81. The van der Waals surface area contributed by atoms with Gasteiger partial charge in [-0.05, 0) is 68.5 Å². The number of aryl methyl sites for hydroxylation is 2. The van der Waals surface area contributed by atoms with E-state index in [2.05, 4.69) is 24.4 Å². The van der Waals surface area contributed by atoms with Gasteiger partial charge < -0.3 is 5.32 Å². The van der Waals surface area contributed by atoms with Crippen molar-refractivity contribution in [1.82, 2.24) is 0 Å². The average Bonchev–Trinajstić information content (AvgIpc) is 2.92. The molecule has 2 aromatic rings. The van der Waals surface area contributed by atoms with E-state index < -0.39 is 0 Å². The number of hydrogen-bond acceptors (Lipinski definition) is 3. The molecule has 1 heterocycles. The molecule has 1 aromatic heterocycles. The molecule has 1 aromatic carbocycles. The van der Waals surface area contributed by atoms with Crippen LogP contribution >= 0.6 is 11.3 Å². The molecule has 0 saturated carbocycles. The fourth-order valence-electron chi connectivity index (χ4n) is 2.69. The molecule has 0 spiro atoms. The van der Waals surface area contributed by atoms with Gasteiger partial charge in [-0.3, -0.25) is 0 Å². The summed E-state index contributed by atoms with van der Waals surface area (Å²) in [5, 5.41) is 12.3. The highest BCUT2D eigenvalue weighted by Crippen LogP contribution is 2.33. The van der Waals surface area contributed by atoms with Crippen LogP contribution in [0.2, 0.25) is 0 Å². The maximum Gasteiger partial charge on any atom is 0.0991 e. The standard InChI is InChI=1S/C17H18N2S/c1-12(19-15-8-6-13(11-18)7-9-15)17-10-14-4-2-3-5-16(14)20-17/h6-10,12,19H,2-5H2,1H3. The molecule has 1 aliphatic rings. The fourth-order valence-corrected chi connectivity index (χ4v) is 3.95. The largest absolute Gasteiger partial charge is 0.378 e. The van der Waals surface area contributed by atoms with Crippen LogP contribution in [-0.2, 0) is 12.8 Å². The van der Waals surface area contributed by atoms with Gasteiger partial charge in [0.1, 0.15) is 0 Å². The van der Waals surface area contributed by atoms with E-state index in [0.29, 0.717) is 11.6 Å². The average molecular weight is 282 g/mol. The number of nitriles is 1. The molecule has 1 N–H and O–H groups in total. The third-order valence-corrected chi connectivity index (χ3v) is 5.26. The molecular weight excluding hydrogens is 264 g/mol. The van der Waals surface area contributed by atoms with E-state index in [1.54, 1.807) is 10.4 Å². The van der Waals surface area contributed by atoms with Crippen LogP contribution in [0.25, 0.3) is 0 Å². The first-order valence-electron chi connectivity index (χ1n) is 7.14. The van der Waals surface area contributed by atoms with Crippen LogP contribution in [0, 0.1) is 11.3 Å². The van der Waals surface area contributed by atoms with E-state index in [9.17, 15) is 0 Å². The minimum absolute atomic E-state index is 0.318. The molecule has 102 valence electrons. The zero-order valence-corrected chi connectivity index (χ0v) is 12.5. The first-order valence-corrected chi connectivity index (χ1v) is 7.96. The van der Waals surface area contributed by atoms with Crippen LogP contribution in [0.15, 0.2) is 30.3 Å². The Kier molecular flexibility index (Phi) is 3.75. The highest BCUT2D eigenvalue weighted by molar-refractivity contribution is 7.12. The lowest BCUT2D eigenvalue weighted by atomic mass is 9.99. The number of benzene rings is 1. The van der Waals surface area contributed by atoms with Gasteiger partial charge in [-0.25, -0.2) is 0 Å². The number of rotatable bonds is 3. The molecule has 1 aliphatic carbocycles. The Labute approximate surface area is 124 Å². The summed E-state index contributed by atoms with van der Waals surface area (Å²) in [6.45, 7) is 2.20. The Morgan fingerprint density at radius 3 is 2.65 bits per heavy atom. The van der Waals surface area contributed by atoms with Crippen molar-refractivity contribution in [3.8, 4) is 6.07 Å². The summed E-state index contributed by atoms with van der Waals surface area (Å²) >= 11 is 1.96. The SMILES string of the molecule is CC(Nc1ccc(C#N)cc1)c1cc2c(s1)CCCC2. The van der Waals surface area contributed by atoms with Crippen LogP contribution in [0.1, 0.15) is 46.7 Å². The molecule has 20 heavy (non-hydrogen) atoms. The summed E-state index contributed by atoms with van der Waals surface area (Å²) in [5.74, 6) is 0. The molecule has 0 aliphatic heterocycles. The van der Waals surface area contributed by atoms with Gasteiger partial charge in [0.15, 0.2) is 0 Å². The second kappa shape index (κ2) is 5.68. The van der Waals surface area contributed by atoms with Crippen LogP contribution in [0.4, 0.5) is 5.69 Å². The van der Waals surface area contributed by atoms with Crippen LogP contribution in [0.3, 0.4) is 0 Å². The zero-order valence-electron chi connectivity index (χ0n) is 11.6. The summed E-state index contributed by atoms with van der Waals surface area (Å²) in [5.41, 5.74) is 3.34. The van der Waals surface area contributed by atoms with Crippen LogP contribution in [-0.4, -0.2) is 0 Å². The fraction of sp³-hybridized carbons (Fsp3) is 0.353. The predicted octanol–water partition coefficient (Wildman–Crippen LogP) is 4.67. The first kappa shape index (κ1) is 13.2. The monoisotopic (exact) mass is 282 g/mol.